The number of amides is 1. The Bertz CT molecular complexity index is 1040. The first-order chi connectivity index (χ1) is 15.1. The van der Waals surface area contributed by atoms with Crippen LogP contribution in [-0.4, -0.2) is 45.4 Å². The summed E-state index contributed by atoms with van der Waals surface area (Å²) in [7, 11) is 0. The second-order valence-electron chi connectivity index (χ2n) is 6.56. The molecule has 1 amide bonds. The molecule has 0 saturated carbocycles. The number of nitro benzene ring substituents is 2. The van der Waals surface area contributed by atoms with Gasteiger partial charge in [-0.3, -0.25) is 29.8 Å². The predicted octanol–water partition coefficient (Wildman–Crippen LogP) is 2.42. The van der Waals surface area contributed by atoms with Crippen LogP contribution in [-0.2, 0) is 14.3 Å². The van der Waals surface area contributed by atoms with Gasteiger partial charge in [0.25, 0.3) is 17.3 Å². The van der Waals surface area contributed by atoms with Gasteiger partial charge in [-0.1, -0.05) is 18.2 Å². The van der Waals surface area contributed by atoms with Crippen molar-refractivity contribution in [3.05, 3.63) is 79.9 Å². The molecular formula is C20H19N3O9. The number of rotatable bonds is 10. The lowest BCUT2D eigenvalue weighted by molar-refractivity contribution is -0.385. The highest BCUT2D eigenvalue weighted by Gasteiger charge is 2.34. The topological polar surface area (TPSA) is 179 Å². The van der Waals surface area contributed by atoms with Crippen molar-refractivity contribution >= 4 is 29.2 Å². The van der Waals surface area contributed by atoms with Crippen LogP contribution in [0.2, 0.25) is 0 Å². The van der Waals surface area contributed by atoms with Crippen LogP contribution in [0.15, 0.2) is 48.5 Å². The van der Waals surface area contributed by atoms with Crippen LogP contribution in [0.3, 0.4) is 0 Å². The molecule has 0 aliphatic carbocycles. The van der Waals surface area contributed by atoms with Crippen LogP contribution in [0.25, 0.3) is 0 Å². The zero-order chi connectivity index (χ0) is 23.8. The molecule has 12 heteroatoms. The molecule has 2 atom stereocenters. The van der Waals surface area contributed by atoms with Gasteiger partial charge < -0.3 is 15.2 Å². The van der Waals surface area contributed by atoms with Crippen molar-refractivity contribution in [3.8, 4) is 0 Å². The Morgan fingerprint density at radius 3 is 2.19 bits per heavy atom. The van der Waals surface area contributed by atoms with E-state index in [1.54, 1.807) is 6.92 Å². The Kier molecular flexibility index (Phi) is 7.93. The maximum absolute atomic E-state index is 12.6. The van der Waals surface area contributed by atoms with Crippen LogP contribution in [0.5, 0.6) is 0 Å². The molecule has 0 radical (unpaired) electrons. The quantitative estimate of drug-likeness (QED) is 0.315. The zero-order valence-corrected chi connectivity index (χ0v) is 16.8. The first-order valence-electron chi connectivity index (χ1n) is 9.32. The molecule has 168 valence electrons. The summed E-state index contributed by atoms with van der Waals surface area (Å²) in [6.07, 6.45) is -0.433. The van der Waals surface area contributed by atoms with Gasteiger partial charge in [0.05, 0.1) is 22.9 Å². The Morgan fingerprint density at radius 1 is 1.03 bits per heavy atom. The van der Waals surface area contributed by atoms with Gasteiger partial charge in [-0.15, -0.1) is 0 Å². The molecule has 0 saturated heterocycles. The number of nitrogens with zero attached hydrogens (tertiary/aromatic N) is 2. The normalized spacial score (nSPS) is 12.3. The molecule has 0 heterocycles. The molecule has 0 spiro atoms. The fraction of sp³-hybridized carbons (Fsp3) is 0.250. The van der Waals surface area contributed by atoms with Crippen LogP contribution in [0, 0.1) is 20.2 Å². The number of benzene rings is 2. The number of nitro groups is 2. The Morgan fingerprint density at radius 2 is 1.66 bits per heavy atom. The van der Waals surface area contributed by atoms with E-state index in [0.29, 0.717) is 0 Å². The number of carboxylic acids is 1. The summed E-state index contributed by atoms with van der Waals surface area (Å²) in [5.74, 6) is -4.24. The van der Waals surface area contributed by atoms with Crippen molar-refractivity contribution in [3.63, 3.8) is 0 Å². The largest absolute Gasteiger partial charge is 0.480 e. The van der Waals surface area contributed by atoms with Gasteiger partial charge in [0.1, 0.15) is 6.04 Å². The summed E-state index contributed by atoms with van der Waals surface area (Å²) < 4.78 is 4.89. The summed E-state index contributed by atoms with van der Waals surface area (Å²) in [4.78, 5) is 57.2. The number of esters is 1. The van der Waals surface area contributed by atoms with Crippen molar-refractivity contribution in [1.29, 1.82) is 0 Å². The van der Waals surface area contributed by atoms with Gasteiger partial charge in [0, 0.05) is 35.7 Å². The molecule has 0 aromatic heterocycles. The number of hydrogen-bond acceptors (Lipinski definition) is 8. The number of carbonyl (C=O) groups excluding carboxylic acids is 2. The molecule has 12 nitrogen and oxygen atoms in total. The molecular weight excluding hydrogens is 426 g/mol. The van der Waals surface area contributed by atoms with E-state index in [9.17, 15) is 39.7 Å². The van der Waals surface area contributed by atoms with Gasteiger partial charge in [-0.05, 0) is 18.6 Å². The monoisotopic (exact) mass is 445 g/mol. The third-order valence-corrected chi connectivity index (χ3v) is 4.50. The third kappa shape index (κ3) is 6.08. The van der Waals surface area contributed by atoms with Crippen molar-refractivity contribution in [2.45, 2.75) is 25.3 Å². The minimum Gasteiger partial charge on any atom is -0.480 e. The Labute approximate surface area is 181 Å². The summed E-state index contributed by atoms with van der Waals surface area (Å²) in [6, 6.07) is 7.95. The summed E-state index contributed by atoms with van der Waals surface area (Å²) >= 11 is 0. The van der Waals surface area contributed by atoms with Crippen molar-refractivity contribution in [2.24, 2.45) is 0 Å². The standard InChI is InChI=1S/C20H19N3O9/c1-2-32-17(24)11-16(12-6-8-14(9-7-12)22(28)29)18(20(26)27)21-19(25)13-4-3-5-15(10-13)23(30)31/h3-10,16,18H,2,11H2,1H3,(H,21,25)(H,26,27)/t16-,18-/m1/s1. The lowest BCUT2D eigenvalue weighted by Crippen LogP contribution is -2.45. The summed E-state index contributed by atoms with van der Waals surface area (Å²) in [5, 5.41) is 33.9. The van der Waals surface area contributed by atoms with Crippen molar-refractivity contribution in [2.75, 3.05) is 6.61 Å². The van der Waals surface area contributed by atoms with Gasteiger partial charge in [0.2, 0.25) is 0 Å². The van der Waals surface area contributed by atoms with Crippen molar-refractivity contribution < 1.29 is 34.1 Å². The van der Waals surface area contributed by atoms with Crippen LogP contribution in [0.4, 0.5) is 11.4 Å². The molecule has 0 bridgehead atoms. The first kappa shape index (κ1) is 23.9. The third-order valence-electron chi connectivity index (χ3n) is 4.50. The van der Waals surface area contributed by atoms with Crippen molar-refractivity contribution in [1.82, 2.24) is 5.32 Å². The van der Waals surface area contributed by atoms with E-state index in [-0.39, 0.29) is 29.1 Å². The highest BCUT2D eigenvalue weighted by Crippen LogP contribution is 2.27. The molecule has 32 heavy (non-hydrogen) atoms. The lowest BCUT2D eigenvalue weighted by atomic mass is 9.88. The van der Waals surface area contributed by atoms with Gasteiger partial charge in [-0.2, -0.15) is 0 Å². The molecule has 0 aliphatic heterocycles. The molecule has 0 fully saturated rings. The second kappa shape index (κ2) is 10.6. The maximum atomic E-state index is 12.6. The molecule has 2 N–H and O–H groups in total. The number of non-ortho nitro benzene ring substituents is 2. The zero-order valence-electron chi connectivity index (χ0n) is 16.8. The lowest BCUT2D eigenvalue weighted by Gasteiger charge is -2.24. The van der Waals surface area contributed by atoms with E-state index in [1.807, 2.05) is 0 Å². The summed E-state index contributed by atoms with van der Waals surface area (Å²) in [6.45, 7) is 1.61. The number of aliphatic carboxylic acids is 1. The maximum Gasteiger partial charge on any atom is 0.326 e. The highest BCUT2D eigenvalue weighted by atomic mass is 16.6. The number of carboxylic acid groups (broad SMARTS) is 1. The predicted molar refractivity (Wildman–Crippen MR) is 109 cm³/mol. The molecule has 2 aromatic carbocycles. The Balaban J connectivity index is 2.39. The van der Waals surface area contributed by atoms with Crippen LogP contribution >= 0.6 is 0 Å². The highest BCUT2D eigenvalue weighted by molar-refractivity contribution is 5.97. The minimum absolute atomic E-state index is 0.0452. The van der Waals surface area contributed by atoms with Gasteiger partial charge in [-0.25, -0.2) is 4.79 Å². The fourth-order valence-corrected chi connectivity index (χ4v) is 2.99. The second-order valence-corrected chi connectivity index (χ2v) is 6.56. The van der Waals surface area contributed by atoms with E-state index in [4.69, 9.17) is 4.74 Å². The number of hydrogen-bond donors (Lipinski definition) is 2. The average Bonchev–Trinajstić information content (AvgIpc) is 2.76. The number of carbonyl (C=O) groups is 3. The van der Waals surface area contributed by atoms with E-state index in [2.05, 4.69) is 5.32 Å². The van der Waals surface area contributed by atoms with Gasteiger partial charge in [0.15, 0.2) is 0 Å². The smallest absolute Gasteiger partial charge is 0.326 e. The first-order valence-corrected chi connectivity index (χ1v) is 9.32. The minimum atomic E-state index is -1.63. The molecule has 0 unspecified atom stereocenters. The molecule has 2 rings (SSSR count). The van der Waals surface area contributed by atoms with E-state index >= 15 is 0 Å². The molecule has 0 aliphatic rings. The van der Waals surface area contributed by atoms with Crippen LogP contribution in [0.1, 0.15) is 35.2 Å². The van der Waals surface area contributed by atoms with E-state index < -0.39 is 46.1 Å². The molecule has 2 aromatic rings. The number of nitrogens with one attached hydrogen (secondary N) is 1. The van der Waals surface area contributed by atoms with E-state index in [0.717, 1.165) is 18.2 Å². The SMILES string of the molecule is CCOC(=O)C[C@H](c1ccc([N+](=O)[O-])cc1)[C@@H](NC(=O)c1cccc([N+](=O)[O-])c1)C(=O)O. The Hall–Kier alpha value is -4.35. The van der Waals surface area contributed by atoms with Gasteiger partial charge >= 0.3 is 11.9 Å². The van der Waals surface area contributed by atoms with Crippen LogP contribution < -0.4 is 5.32 Å². The summed E-state index contributed by atoms with van der Waals surface area (Å²) in [5.41, 5.74) is -0.501. The number of ether oxygens (including phenoxy) is 1. The fourth-order valence-electron chi connectivity index (χ4n) is 2.99. The average molecular weight is 445 g/mol. The van der Waals surface area contributed by atoms with E-state index in [1.165, 1.54) is 30.3 Å².